The second-order valence-electron chi connectivity index (χ2n) is 12.4. The Morgan fingerprint density at radius 2 is 1.70 bits per heavy atom. The van der Waals surface area contributed by atoms with Gasteiger partial charge in [-0.15, -0.1) is 5.10 Å². The number of aromatic hydroxyl groups is 1. The van der Waals surface area contributed by atoms with Crippen LogP contribution < -0.4 is 10.6 Å². The molecule has 5 aromatic rings. The van der Waals surface area contributed by atoms with Crippen LogP contribution in [0, 0.1) is 11.3 Å². The van der Waals surface area contributed by atoms with Crippen molar-refractivity contribution in [2.45, 2.75) is 51.2 Å². The minimum atomic E-state index is -0.381. The molecule has 3 heterocycles. The summed E-state index contributed by atoms with van der Waals surface area (Å²) in [5, 5.41) is 37.8. The van der Waals surface area contributed by atoms with Crippen LogP contribution in [-0.2, 0) is 0 Å². The van der Waals surface area contributed by atoms with Gasteiger partial charge < -0.3 is 15.7 Å². The first-order valence-electron chi connectivity index (χ1n) is 15.0. The maximum absolute atomic E-state index is 9.95. The molecule has 1 atom stereocenters. The molecular weight excluding hydrogens is 643 g/mol. The molecule has 1 aliphatic heterocycles. The molecule has 1 fully saturated rings. The van der Waals surface area contributed by atoms with Crippen LogP contribution in [0.15, 0.2) is 67.0 Å². The molecule has 1 saturated heterocycles. The number of halogens is 3. The quantitative estimate of drug-likeness (QED) is 0.147. The van der Waals surface area contributed by atoms with E-state index in [1.54, 1.807) is 18.2 Å². The lowest BCUT2D eigenvalue weighted by Crippen LogP contribution is -2.46. The molecule has 0 spiro atoms. The number of pyridine rings is 1. The minimum Gasteiger partial charge on any atom is -0.506 e. The van der Waals surface area contributed by atoms with E-state index in [0.29, 0.717) is 43.6 Å². The van der Waals surface area contributed by atoms with E-state index in [4.69, 9.17) is 34.8 Å². The summed E-state index contributed by atoms with van der Waals surface area (Å²) < 4.78 is 1.99. The first-order valence-corrected chi connectivity index (χ1v) is 16.1. The first kappa shape index (κ1) is 31.9. The van der Waals surface area contributed by atoms with Crippen LogP contribution in [0.4, 0.5) is 17.1 Å². The van der Waals surface area contributed by atoms with Crippen LogP contribution in [0.5, 0.6) is 5.75 Å². The molecule has 9 nitrogen and oxygen atoms in total. The van der Waals surface area contributed by atoms with Crippen LogP contribution in [0.1, 0.15) is 62.5 Å². The molecule has 3 N–H and O–H groups in total. The number of fused-ring (bicyclic) bond motifs is 1. The van der Waals surface area contributed by atoms with Gasteiger partial charge in [-0.2, -0.15) is 5.26 Å². The Labute approximate surface area is 282 Å². The van der Waals surface area contributed by atoms with Gasteiger partial charge in [0.1, 0.15) is 17.5 Å². The van der Waals surface area contributed by atoms with Crippen LogP contribution in [0.2, 0.25) is 15.1 Å². The summed E-state index contributed by atoms with van der Waals surface area (Å²) in [5.41, 5.74) is 4.46. The number of piperidine rings is 1. The highest BCUT2D eigenvalue weighted by molar-refractivity contribution is 6.36. The number of hydrogen-bond acceptors (Lipinski definition) is 8. The number of rotatable bonds is 7. The van der Waals surface area contributed by atoms with Crippen molar-refractivity contribution in [3.05, 3.63) is 98.9 Å². The zero-order chi connectivity index (χ0) is 32.6. The molecule has 0 saturated carbocycles. The summed E-state index contributed by atoms with van der Waals surface area (Å²) in [6, 6.07) is 18.1. The molecule has 3 aromatic carbocycles. The van der Waals surface area contributed by atoms with Crippen LogP contribution >= 0.6 is 34.8 Å². The number of likely N-dealkylation sites (tertiary alicyclic amines) is 1. The average Bonchev–Trinajstić information content (AvgIpc) is 3.52. The zero-order valence-corrected chi connectivity index (χ0v) is 27.9. The number of phenolic OH excluding ortho intramolecular Hbond substituents is 1. The number of benzene rings is 3. The van der Waals surface area contributed by atoms with Gasteiger partial charge in [-0.1, -0.05) is 52.1 Å². The smallest absolute Gasteiger partial charge is 0.134 e. The highest BCUT2D eigenvalue weighted by Crippen LogP contribution is 2.38. The summed E-state index contributed by atoms with van der Waals surface area (Å²) in [6.45, 7) is 8.76. The van der Waals surface area contributed by atoms with Crippen LogP contribution in [-0.4, -0.2) is 48.6 Å². The molecule has 0 bridgehead atoms. The molecule has 0 unspecified atom stereocenters. The molecule has 0 radical (unpaired) electrons. The fraction of sp³-hybridized carbons (Fsp3) is 0.294. The number of phenols is 1. The maximum atomic E-state index is 9.95. The van der Waals surface area contributed by atoms with Crippen molar-refractivity contribution in [1.82, 2.24) is 24.9 Å². The van der Waals surface area contributed by atoms with Gasteiger partial charge in [0.15, 0.2) is 0 Å². The lowest BCUT2D eigenvalue weighted by atomic mass is 9.98. The predicted octanol–water partition coefficient (Wildman–Crippen LogP) is 8.74. The molecule has 0 amide bonds. The fourth-order valence-electron chi connectivity index (χ4n) is 5.84. The van der Waals surface area contributed by atoms with Gasteiger partial charge in [0.2, 0.25) is 0 Å². The summed E-state index contributed by atoms with van der Waals surface area (Å²) in [5.74, 6) is -0.0395. The lowest BCUT2D eigenvalue weighted by molar-refractivity contribution is 0.0866. The van der Waals surface area contributed by atoms with E-state index in [1.165, 1.54) is 12.3 Å². The van der Waals surface area contributed by atoms with Gasteiger partial charge >= 0.3 is 0 Å². The Morgan fingerprint density at radius 1 is 0.978 bits per heavy atom. The van der Waals surface area contributed by atoms with Crippen LogP contribution in [0.25, 0.3) is 10.9 Å². The predicted molar refractivity (Wildman–Crippen MR) is 184 cm³/mol. The number of anilines is 3. The zero-order valence-electron chi connectivity index (χ0n) is 25.6. The van der Waals surface area contributed by atoms with E-state index in [9.17, 15) is 10.4 Å². The number of aromatic nitrogens is 4. The van der Waals surface area contributed by atoms with E-state index >= 15 is 0 Å². The van der Waals surface area contributed by atoms with E-state index < -0.39 is 0 Å². The van der Waals surface area contributed by atoms with Gasteiger partial charge in [0.25, 0.3) is 0 Å². The molecule has 1 aliphatic rings. The molecule has 0 aliphatic carbocycles. The standard InChI is InChI=1S/C34H33Cl3N8O/c1-34(2,3)44-12-10-25(11-13-44)45-19-29(42-43-45)32(20-4-6-22(35)7-5-20)41-24-14-26-31(40-23-8-9-30(46)27(36)15-23)21(17-38)18-39-33(26)28(37)16-24/h4-9,14-16,18-19,25,32,41,46H,10-13H2,1-3H3,(H,39,40)/t32-/m0/s1. The summed E-state index contributed by atoms with van der Waals surface area (Å²) >= 11 is 19.2. The molecule has 2 aromatic heterocycles. The van der Waals surface area contributed by atoms with Crippen molar-refractivity contribution < 1.29 is 5.11 Å². The van der Waals surface area contributed by atoms with Gasteiger partial charge in [0.05, 0.1) is 45.1 Å². The number of nitrogens with zero attached hydrogens (tertiary/aromatic N) is 6. The Hall–Kier alpha value is -4.07. The normalized spacial score (nSPS) is 15.1. The van der Waals surface area contributed by atoms with Crippen LogP contribution in [0.3, 0.4) is 0 Å². The van der Waals surface area contributed by atoms with Crippen molar-refractivity contribution >= 4 is 62.8 Å². The minimum absolute atomic E-state index is 0.0395. The van der Waals surface area contributed by atoms with E-state index in [0.717, 1.165) is 37.2 Å². The fourth-order valence-corrected chi connectivity index (χ4v) is 6.42. The Bertz CT molecular complexity index is 1920. The van der Waals surface area contributed by atoms with E-state index in [1.807, 2.05) is 41.2 Å². The molecule has 236 valence electrons. The lowest BCUT2D eigenvalue weighted by Gasteiger charge is -2.40. The van der Waals surface area contributed by atoms with Gasteiger partial charge in [-0.05, 0) is 81.6 Å². The largest absolute Gasteiger partial charge is 0.506 e. The Kier molecular flexibility index (Phi) is 8.99. The van der Waals surface area contributed by atoms with Crippen molar-refractivity contribution in [3.63, 3.8) is 0 Å². The molecular formula is C34H33Cl3N8O. The monoisotopic (exact) mass is 674 g/mol. The van der Waals surface area contributed by atoms with E-state index in [-0.39, 0.29) is 28.4 Å². The van der Waals surface area contributed by atoms with Crippen molar-refractivity contribution in [2.24, 2.45) is 0 Å². The summed E-state index contributed by atoms with van der Waals surface area (Å²) in [7, 11) is 0. The Morgan fingerprint density at radius 3 is 2.37 bits per heavy atom. The second-order valence-corrected chi connectivity index (χ2v) is 13.7. The third-order valence-corrected chi connectivity index (χ3v) is 9.23. The highest BCUT2D eigenvalue weighted by Gasteiger charge is 2.29. The number of hydrogen-bond donors (Lipinski definition) is 3. The SMILES string of the molecule is CC(C)(C)N1CCC(n2cc([C@@H](Nc3cc(Cl)c4ncc(C#N)c(Nc5ccc(O)c(Cl)c5)c4c3)c3ccc(Cl)cc3)nn2)CC1. The third kappa shape index (κ3) is 6.72. The Balaban J connectivity index is 1.36. The maximum Gasteiger partial charge on any atom is 0.134 e. The van der Waals surface area contributed by atoms with Gasteiger partial charge in [0, 0.05) is 46.6 Å². The van der Waals surface area contributed by atoms with Crippen molar-refractivity contribution in [3.8, 4) is 11.8 Å². The molecule has 6 rings (SSSR count). The average molecular weight is 676 g/mol. The molecule has 46 heavy (non-hydrogen) atoms. The second kappa shape index (κ2) is 13.0. The first-order chi connectivity index (χ1) is 22.0. The number of nitriles is 1. The van der Waals surface area contributed by atoms with Crippen molar-refractivity contribution in [1.29, 1.82) is 5.26 Å². The van der Waals surface area contributed by atoms with E-state index in [2.05, 4.69) is 57.7 Å². The topological polar surface area (TPSA) is 115 Å². The third-order valence-electron chi connectivity index (χ3n) is 8.39. The number of nitrogens with one attached hydrogen (secondary N) is 2. The van der Waals surface area contributed by atoms with Gasteiger partial charge in [-0.3, -0.25) is 9.88 Å². The summed E-state index contributed by atoms with van der Waals surface area (Å²) in [4.78, 5) is 6.98. The van der Waals surface area contributed by atoms with Crippen molar-refractivity contribution in [2.75, 3.05) is 23.7 Å². The van der Waals surface area contributed by atoms with Gasteiger partial charge in [-0.25, -0.2) is 4.68 Å². The highest BCUT2D eigenvalue weighted by atomic mass is 35.5. The summed E-state index contributed by atoms with van der Waals surface area (Å²) in [6.07, 6.45) is 5.49. The molecule has 12 heteroatoms.